The van der Waals surface area contributed by atoms with Crippen LogP contribution in [0.25, 0.3) is 0 Å². The van der Waals surface area contributed by atoms with E-state index in [2.05, 4.69) is 29.9 Å². The second-order valence-corrected chi connectivity index (χ2v) is 5.00. The van der Waals surface area contributed by atoms with E-state index >= 15 is 0 Å². The average Bonchev–Trinajstić information content (AvgIpc) is 2.48. The minimum Gasteiger partial charge on any atom is -0.399 e. The number of thioether (sulfide) groups is 1. The summed E-state index contributed by atoms with van der Waals surface area (Å²) in [6.07, 6.45) is 6.49. The van der Waals surface area contributed by atoms with E-state index in [4.69, 9.17) is 0 Å². The molecule has 3 heteroatoms. The third-order valence-electron chi connectivity index (χ3n) is 1.90. The molecule has 0 saturated heterocycles. The Morgan fingerprint density at radius 3 is 3.15 bits per heavy atom. The van der Waals surface area contributed by atoms with E-state index in [1.807, 2.05) is 11.8 Å². The molecule has 0 bridgehead atoms. The first-order chi connectivity index (χ1) is 6.22. The molecule has 1 rings (SSSR count). The lowest BCUT2D eigenvalue weighted by Gasteiger charge is -2.10. The van der Waals surface area contributed by atoms with Crippen LogP contribution in [0.15, 0.2) is 16.1 Å². The molecule has 1 unspecified atom stereocenters. The number of nitrogens with zero attached hydrogens (tertiary/aromatic N) is 1. The van der Waals surface area contributed by atoms with E-state index < -0.39 is 0 Å². The Morgan fingerprint density at radius 1 is 1.77 bits per heavy atom. The van der Waals surface area contributed by atoms with Gasteiger partial charge in [0.15, 0.2) is 0 Å². The van der Waals surface area contributed by atoms with Crippen molar-refractivity contribution in [3.63, 3.8) is 0 Å². The van der Waals surface area contributed by atoms with E-state index in [-0.39, 0.29) is 0 Å². The molecule has 2 nitrogen and oxygen atoms in total. The Kier molecular flexibility index (Phi) is 4.36. The van der Waals surface area contributed by atoms with Crippen molar-refractivity contribution < 1.29 is 4.84 Å². The number of allylic oxidation sites excluding steroid dienone is 2. The van der Waals surface area contributed by atoms with Gasteiger partial charge in [0.05, 0.1) is 6.21 Å². The first kappa shape index (κ1) is 10.6. The van der Waals surface area contributed by atoms with Crippen LogP contribution < -0.4 is 0 Å². The molecule has 1 aliphatic heterocycles. The number of hydrogen-bond donors (Lipinski definition) is 0. The summed E-state index contributed by atoms with van der Waals surface area (Å²) in [5, 5.41) is 4.50. The highest BCUT2D eigenvalue weighted by atomic mass is 32.2. The van der Waals surface area contributed by atoms with Crippen molar-refractivity contribution in [1.29, 1.82) is 0 Å². The maximum Gasteiger partial charge on any atom is 0.106 e. The van der Waals surface area contributed by atoms with Gasteiger partial charge in [0.1, 0.15) is 7.11 Å². The Labute approximate surface area is 84.4 Å². The fourth-order valence-electron chi connectivity index (χ4n) is 1.39. The summed E-state index contributed by atoms with van der Waals surface area (Å²) in [6, 6.07) is 0. The molecule has 1 heterocycles. The van der Waals surface area contributed by atoms with Gasteiger partial charge in [-0.1, -0.05) is 25.1 Å². The summed E-state index contributed by atoms with van der Waals surface area (Å²) < 4.78 is 0. The summed E-state index contributed by atoms with van der Waals surface area (Å²) in [5.41, 5.74) is 0. The van der Waals surface area contributed by atoms with Gasteiger partial charge in [-0.2, -0.15) is 0 Å². The molecule has 74 valence electrons. The van der Waals surface area contributed by atoms with Crippen LogP contribution in [-0.2, 0) is 4.84 Å². The van der Waals surface area contributed by atoms with Gasteiger partial charge in [-0.05, 0) is 18.8 Å². The van der Waals surface area contributed by atoms with Crippen molar-refractivity contribution >= 4 is 18.0 Å². The number of hydrogen-bond acceptors (Lipinski definition) is 3. The Hall–Kier alpha value is -0.440. The fourth-order valence-corrected chi connectivity index (χ4v) is 2.75. The van der Waals surface area contributed by atoms with E-state index in [1.165, 1.54) is 17.7 Å². The van der Waals surface area contributed by atoms with Gasteiger partial charge in [0, 0.05) is 10.2 Å². The second kappa shape index (κ2) is 5.32. The number of rotatable bonds is 4. The molecule has 0 aromatic rings. The number of oxime groups is 1. The SMILES string of the molecule is CO/N=C/C1=CCC(CC(C)C)S1. The van der Waals surface area contributed by atoms with Crippen molar-refractivity contribution in [3.8, 4) is 0 Å². The third-order valence-corrected chi connectivity index (χ3v) is 3.17. The first-order valence-corrected chi connectivity index (χ1v) is 5.53. The quantitative estimate of drug-likeness (QED) is 0.512. The third kappa shape index (κ3) is 3.85. The van der Waals surface area contributed by atoms with Crippen molar-refractivity contribution in [3.05, 3.63) is 11.0 Å². The molecule has 0 fully saturated rings. The Bertz CT molecular complexity index is 211. The molecule has 0 saturated carbocycles. The maximum atomic E-state index is 4.64. The van der Waals surface area contributed by atoms with Crippen molar-refractivity contribution in [2.75, 3.05) is 7.11 Å². The summed E-state index contributed by atoms with van der Waals surface area (Å²) >= 11 is 1.91. The molecule has 13 heavy (non-hydrogen) atoms. The zero-order chi connectivity index (χ0) is 9.68. The lowest BCUT2D eigenvalue weighted by molar-refractivity contribution is 0.215. The molecule has 0 amide bonds. The summed E-state index contributed by atoms with van der Waals surface area (Å²) in [6.45, 7) is 4.53. The first-order valence-electron chi connectivity index (χ1n) is 4.65. The highest BCUT2D eigenvalue weighted by Crippen LogP contribution is 2.34. The molecule has 0 spiro atoms. The van der Waals surface area contributed by atoms with Gasteiger partial charge in [-0.25, -0.2) is 0 Å². The molecule has 1 atom stereocenters. The van der Waals surface area contributed by atoms with Gasteiger partial charge >= 0.3 is 0 Å². The van der Waals surface area contributed by atoms with Crippen LogP contribution in [0, 0.1) is 5.92 Å². The van der Waals surface area contributed by atoms with E-state index in [1.54, 1.807) is 13.3 Å². The Balaban J connectivity index is 2.29. The lowest BCUT2D eigenvalue weighted by atomic mass is 10.1. The van der Waals surface area contributed by atoms with E-state index in [0.717, 1.165) is 11.2 Å². The minimum absolute atomic E-state index is 0.748. The molecule has 1 aliphatic rings. The summed E-state index contributed by atoms with van der Waals surface area (Å²) in [7, 11) is 1.57. The van der Waals surface area contributed by atoms with Gasteiger partial charge in [0.25, 0.3) is 0 Å². The largest absolute Gasteiger partial charge is 0.399 e. The van der Waals surface area contributed by atoms with E-state index in [0.29, 0.717) is 0 Å². The highest BCUT2D eigenvalue weighted by Gasteiger charge is 2.17. The Morgan fingerprint density at radius 2 is 2.54 bits per heavy atom. The zero-order valence-corrected chi connectivity index (χ0v) is 9.30. The van der Waals surface area contributed by atoms with Crippen LogP contribution in [-0.4, -0.2) is 18.6 Å². The van der Waals surface area contributed by atoms with E-state index in [9.17, 15) is 0 Å². The highest BCUT2D eigenvalue weighted by molar-refractivity contribution is 8.04. The van der Waals surface area contributed by atoms with Gasteiger partial charge in [-0.3, -0.25) is 0 Å². The summed E-state index contributed by atoms with van der Waals surface area (Å²) in [5.74, 6) is 0.782. The lowest BCUT2D eigenvalue weighted by Crippen LogP contribution is -2.01. The second-order valence-electron chi connectivity index (χ2n) is 3.63. The van der Waals surface area contributed by atoms with Crippen LogP contribution in [0.5, 0.6) is 0 Å². The van der Waals surface area contributed by atoms with Crippen LogP contribution in [0.4, 0.5) is 0 Å². The monoisotopic (exact) mass is 199 g/mol. The standard InChI is InChI=1S/C10H17NOS/c1-8(2)6-9-4-5-10(13-9)7-11-12-3/h5,7-9H,4,6H2,1-3H3/b11-7+. The predicted octanol–water partition coefficient (Wildman–Crippen LogP) is 3.05. The molecular weight excluding hydrogens is 182 g/mol. The van der Waals surface area contributed by atoms with Crippen molar-refractivity contribution in [2.45, 2.75) is 31.9 Å². The van der Waals surface area contributed by atoms with Gasteiger partial charge in [0.2, 0.25) is 0 Å². The van der Waals surface area contributed by atoms with Gasteiger partial charge in [-0.15, -0.1) is 11.8 Å². The van der Waals surface area contributed by atoms with Gasteiger partial charge < -0.3 is 4.84 Å². The van der Waals surface area contributed by atoms with Crippen LogP contribution in [0.2, 0.25) is 0 Å². The molecule has 0 aliphatic carbocycles. The topological polar surface area (TPSA) is 21.6 Å². The summed E-state index contributed by atoms with van der Waals surface area (Å²) in [4.78, 5) is 5.88. The molecular formula is C10H17NOS. The molecule has 0 radical (unpaired) electrons. The smallest absolute Gasteiger partial charge is 0.106 e. The normalized spacial score (nSPS) is 22.8. The maximum absolute atomic E-state index is 4.64. The van der Waals surface area contributed by atoms with Crippen molar-refractivity contribution in [1.82, 2.24) is 0 Å². The van der Waals surface area contributed by atoms with Crippen LogP contribution >= 0.6 is 11.8 Å². The minimum atomic E-state index is 0.748. The van der Waals surface area contributed by atoms with Crippen LogP contribution in [0.1, 0.15) is 26.7 Å². The fraction of sp³-hybridized carbons (Fsp3) is 0.700. The van der Waals surface area contributed by atoms with Crippen LogP contribution in [0.3, 0.4) is 0 Å². The van der Waals surface area contributed by atoms with Crippen molar-refractivity contribution in [2.24, 2.45) is 11.1 Å². The molecule has 0 aromatic heterocycles. The molecule has 0 N–H and O–H groups in total. The zero-order valence-electron chi connectivity index (χ0n) is 8.49. The molecule has 0 aromatic carbocycles. The average molecular weight is 199 g/mol. The predicted molar refractivity (Wildman–Crippen MR) is 59.0 cm³/mol.